The molecule has 60 heavy (non-hydrogen) atoms. The normalized spacial score (nSPS) is 28.3. The number of amides is 4. The van der Waals surface area contributed by atoms with Crippen molar-refractivity contribution in [2.75, 3.05) is 27.4 Å². The van der Waals surface area contributed by atoms with E-state index in [4.69, 9.17) is 18.9 Å². The van der Waals surface area contributed by atoms with Gasteiger partial charge in [0, 0.05) is 23.9 Å². The molecule has 330 valence electrons. The zero-order valence-corrected chi connectivity index (χ0v) is 35.0. The number of pyridine rings is 1. The fourth-order valence-electron chi connectivity index (χ4n) is 7.92. The molecule has 2 aliphatic carbocycles. The molecule has 1 saturated heterocycles. The summed E-state index contributed by atoms with van der Waals surface area (Å²) >= 11 is 0. The quantitative estimate of drug-likeness (QED) is 0.218. The Morgan fingerprint density at radius 1 is 1.07 bits per heavy atom. The van der Waals surface area contributed by atoms with E-state index >= 15 is 0 Å². The Kier molecular flexibility index (Phi) is 12.3. The first-order valence-corrected chi connectivity index (χ1v) is 21.2. The van der Waals surface area contributed by atoms with Gasteiger partial charge in [0.2, 0.25) is 33.3 Å². The highest BCUT2D eigenvalue weighted by molar-refractivity contribution is 7.91. The molecule has 2 saturated carbocycles. The highest BCUT2D eigenvalue weighted by atomic mass is 32.2. The number of rotatable bonds is 10. The number of methoxy groups -OCH3 is 2. The first-order valence-electron chi connectivity index (χ1n) is 19.8. The fourth-order valence-corrected chi connectivity index (χ4v) is 9.35. The zero-order valence-electron chi connectivity index (χ0n) is 34.2. The minimum Gasteiger partial charge on any atom is -0.493 e. The molecule has 1 aromatic carbocycles. The Morgan fingerprint density at radius 3 is 2.38 bits per heavy atom. The molecule has 3 heterocycles. The standard InChI is InChI=1S/C40H51F4N5O10S/c1-22-9-7-8-10-25-19-39(25,35(52)48-60(54,55)38(21-41)12-13-38)47-32(50)28-17-26(58-33-27-18-30(57-6)29(56-5)16-24(27)11-14-45-33)20-49(28)34(51)31(23(2)15-22)46-36(53)59-37(3,4)40(42,43)44/h8,10-11,14,16,18,22-23,25-26,28,31H,7,9,12-13,15,17,19-21H2,1-6H3,(H,46,53)(H,47,50)(H,48,52). The van der Waals surface area contributed by atoms with Crippen LogP contribution in [0.25, 0.3) is 10.8 Å². The number of fused-ring (bicyclic) bond motifs is 3. The van der Waals surface area contributed by atoms with Gasteiger partial charge in [0.15, 0.2) is 11.5 Å². The van der Waals surface area contributed by atoms with Crippen molar-refractivity contribution < 1.29 is 64.1 Å². The van der Waals surface area contributed by atoms with Crippen molar-refractivity contribution in [3.63, 3.8) is 0 Å². The van der Waals surface area contributed by atoms with E-state index in [-0.39, 0.29) is 44.0 Å². The maximum atomic E-state index is 14.8. The van der Waals surface area contributed by atoms with Gasteiger partial charge in [-0.1, -0.05) is 26.0 Å². The number of nitrogens with zero attached hydrogens (tertiary/aromatic N) is 2. The van der Waals surface area contributed by atoms with Crippen LogP contribution in [0.2, 0.25) is 0 Å². The van der Waals surface area contributed by atoms with Gasteiger partial charge in [-0.3, -0.25) is 19.1 Å². The molecule has 1 aromatic heterocycles. The van der Waals surface area contributed by atoms with Crippen LogP contribution in [0.4, 0.5) is 22.4 Å². The molecule has 0 spiro atoms. The number of hydrogen-bond donors (Lipinski definition) is 3. The van der Waals surface area contributed by atoms with E-state index in [0.29, 0.717) is 55.4 Å². The third-order valence-corrected chi connectivity index (χ3v) is 14.2. The number of alkyl carbamates (subject to hydrolysis) is 1. The Labute approximate surface area is 345 Å². The smallest absolute Gasteiger partial charge is 0.427 e. The summed E-state index contributed by atoms with van der Waals surface area (Å²) in [6, 6.07) is 2.17. The first-order chi connectivity index (χ1) is 28.1. The largest absolute Gasteiger partial charge is 0.493 e. The minimum atomic E-state index is -4.94. The van der Waals surface area contributed by atoms with Gasteiger partial charge in [-0.25, -0.2) is 22.6 Å². The number of sulfonamides is 1. The molecule has 3 N–H and O–H groups in total. The SMILES string of the molecule is COc1cc2ccnc(OC3CC4C(=O)NC5(C(=O)NS(=O)(=O)C6(CF)CC6)CC5C=CCCC(C)CC(C)C(NC(=O)OC(C)(C)C(F)(F)F)C(=O)N4C3)c2cc1OC. The van der Waals surface area contributed by atoms with E-state index in [2.05, 4.69) is 15.6 Å². The average molecular weight is 870 g/mol. The number of carbonyl (C=O) groups is 4. The van der Waals surface area contributed by atoms with Gasteiger partial charge in [-0.05, 0) is 87.8 Å². The van der Waals surface area contributed by atoms with Crippen LogP contribution in [0.15, 0.2) is 36.5 Å². The van der Waals surface area contributed by atoms with Crippen LogP contribution >= 0.6 is 0 Å². The molecule has 4 amide bonds. The molecule has 2 aromatic rings. The number of carbonyl (C=O) groups excluding carboxylic acids is 4. The lowest BCUT2D eigenvalue weighted by molar-refractivity contribution is -0.244. The lowest BCUT2D eigenvalue weighted by Crippen LogP contribution is -2.60. The lowest BCUT2D eigenvalue weighted by Gasteiger charge is -2.34. The van der Waals surface area contributed by atoms with Gasteiger partial charge >= 0.3 is 12.3 Å². The molecule has 3 fully saturated rings. The van der Waals surface area contributed by atoms with E-state index < -0.39 is 92.6 Å². The summed E-state index contributed by atoms with van der Waals surface area (Å²) < 4.78 is 104. The number of alkyl halides is 4. The fraction of sp³-hybridized carbons (Fsp3) is 0.625. The number of benzene rings is 1. The summed E-state index contributed by atoms with van der Waals surface area (Å²) in [5, 5.41) is 6.22. The highest BCUT2D eigenvalue weighted by Crippen LogP contribution is 2.48. The first kappa shape index (κ1) is 44.7. The van der Waals surface area contributed by atoms with Gasteiger partial charge in [0.05, 0.1) is 20.8 Å². The number of allylic oxidation sites excluding steroid dienone is 1. The van der Waals surface area contributed by atoms with Crippen molar-refractivity contribution in [2.45, 2.75) is 113 Å². The zero-order chi connectivity index (χ0) is 44.0. The number of halogens is 4. The lowest BCUT2D eigenvalue weighted by atomic mass is 9.88. The Balaban J connectivity index is 1.37. The minimum absolute atomic E-state index is 0.00261. The van der Waals surface area contributed by atoms with E-state index in [1.807, 2.05) is 11.6 Å². The summed E-state index contributed by atoms with van der Waals surface area (Å²) in [5.74, 6) is -3.26. The average Bonchev–Trinajstić information content (AvgIpc) is 4.08. The van der Waals surface area contributed by atoms with Crippen molar-refractivity contribution in [3.05, 3.63) is 36.5 Å². The number of ether oxygens (including phenoxy) is 4. The van der Waals surface area contributed by atoms with Crippen molar-refractivity contribution in [1.29, 1.82) is 0 Å². The Hall–Kier alpha value is -4.88. The van der Waals surface area contributed by atoms with Gasteiger partial charge in [0.25, 0.3) is 5.91 Å². The summed E-state index contributed by atoms with van der Waals surface area (Å²) in [4.78, 5) is 61.9. The van der Waals surface area contributed by atoms with Crippen LogP contribution in [0.1, 0.15) is 72.6 Å². The second kappa shape index (κ2) is 16.5. The molecule has 7 atom stereocenters. The van der Waals surface area contributed by atoms with Crippen LogP contribution in [-0.2, 0) is 29.1 Å². The molecular weight excluding hydrogens is 819 g/mol. The molecule has 6 rings (SSSR count). The number of aromatic nitrogens is 1. The molecule has 0 radical (unpaired) electrons. The summed E-state index contributed by atoms with van der Waals surface area (Å²) in [6.07, 6.45) is -1.15. The monoisotopic (exact) mass is 869 g/mol. The van der Waals surface area contributed by atoms with E-state index in [1.54, 1.807) is 37.3 Å². The topological polar surface area (TPSA) is 192 Å². The molecule has 2 aliphatic heterocycles. The van der Waals surface area contributed by atoms with E-state index in [9.17, 15) is 45.2 Å². The summed E-state index contributed by atoms with van der Waals surface area (Å²) in [7, 11) is -1.55. The molecule has 4 aliphatic rings. The molecule has 20 heteroatoms. The molecular formula is C40H51F4N5O10S. The van der Waals surface area contributed by atoms with Gasteiger partial charge in [-0.2, -0.15) is 13.2 Å². The second-order valence-corrected chi connectivity index (χ2v) is 19.0. The molecule has 7 unspecified atom stereocenters. The van der Waals surface area contributed by atoms with Crippen molar-refractivity contribution in [1.82, 2.24) is 25.2 Å². The Bertz CT molecular complexity index is 2150. The van der Waals surface area contributed by atoms with Gasteiger partial charge in [-0.15, -0.1) is 0 Å². The van der Waals surface area contributed by atoms with Crippen molar-refractivity contribution >= 4 is 44.6 Å². The van der Waals surface area contributed by atoms with Crippen LogP contribution in [0.5, 0.6) is 17.4 Å². The van der Waals surface area contributed by atoms with E-state index in [1.165, 1.54) is 20.4 Å². The van der Waals surface area contributed by atoms with Crippen molar-refractivity contribution in [2.24, 2.45) is 17.8 Å². The predicted molar refractivity (Wildman–Crippen MR) is 208 cm³/mol. The third-order valence-electron chi connectivity index (χ3n) is 12.1. The van der Waals surface area contributed by atoms with Crippen LogP contribution in [-0.4, -0.2) is 110 Å². The number of nitrogens with one attached hydrogen (secondary N) is 3. The third kappa shape index (κ3) is 8.79. The summed E-state index contributed by atoms with van der Waals surface area (Å²) in [6.45, 7) is 3.43. The maximum Gasteiger partial charge on any atom is 0.427 e. The number of hydrogen-bond acceptors (Lipinski definition) is 11. The van der Waals surface area contributed by atoms with Crippen LogP contribution in [0.3, 0.4) is 0 Å². The summed E-state index contributed by atoms with van der Waals surface area (Å²) in [5.41, 5.74) is -4.69. The highest BCUT2D eigenvalue weighted by Gasteiger charge is 2.64. The van der Waals surface area contributed by atoms with E-state index in [0.717, 1.165) is 4.90 Å². The van der Waals surface area contributed by atoms with Crippen LogP contribution in [0, 0.1) is 17.8 Å². The molecule has 0 bridgehead atoms. The van der Waals surface area contributed by atoms with Crippen LogP contribution < -0.4 is 29.6 Å². The maximum absolute atomic E-state index is 14.8. The van der Waals surface area contributed by atoms with Gasteiger partial charge < -0.3 is 34.5 Å². The Morgan fingerprint density at radius 2 is 1.75 bits per heavy atom. The molecule has 15 nitrogen and oxygen atoms in total. The van der Waals surface area contributed by atoms with Gasteiger partial charge in [0.1, 0.15) is 35.1 Å². The second-order valence-electron chi connectivity index (χ2n) is 16.9. The van der Waals surface area contributed by atoms with Crippen molar-refractivity contribution in [3.8, 4) is 17.4 Å². The predicted octanol–water partition coefficient (Wildman–Crippen LogP) is 4.87.